The summed E-state index contributed by atoms with van der Waals surface area (Å²) < 4.78 is 7.14. The van der Waals surface area contributed by atoms with E-state index in [1.165, 1.54) is 0 Å². The van der Waals surface area contributed by atoms with Crippen molar-refractivity contribution in [2.75, 3.05) is 37.7 Å². The highest BCUT2D eigenvalue weighted by molar-refractivity contribution is 6.01. The van der Waals surface area contributed by atoms with Crippen molar-refractivity contribution in [1.82, 2.24) is 29.7 Å². The second kappa shape index (κ2) is 10.1. The number of amides is 2. The van der Waals surface area contributed by atoms with E-state index in [1.807, 2.05) is 42.5 Å². The number of hydrogen-bond donors (Lipinski definition) is 0. The van der Waals surface area contributed by atoms with Crippen molar-refractivity contribution in [2.24, 2.45) is 0 Å². The minimum Gasteiger partial charge on any atom is -0.378 e. The van der Waals surface area contributed by atoms with Gasteiger partial charge in [-0.15, -0.1) is 10.2 Å². The lowest BCUT2D eigenvalue weighted by Gasteiger charge is -2.33. The van der Waals surface area contributed by atoms with Crippen molar-refractivity contribution < 1.29 is 14.3 Å². The van der Waals surface area contributed by atoms with Gasteiger partial charge in [0.2, 0.25) is 11.8 Å². The average Bonchev–Trinajstić information content (AvgIpc) is 3.40. The van der Waals surface area contributed by atoms with Crippen molar-refractivity contribution >= 4 is 34.1 Å². The van der Waals surface area contributed by atoms with Crippen LogP contribution in [0.5, 0.6) is 0 Å². The summed E-state index contributed by atoms with van der Waals surface area (Å²) in [7, 11) is 0. The Bertz CT molecular complexity index is 1760. The first-order valence-electron chi connectivity index (χ1n) is 13.5. The number of hydrogen-bond acceptors (Lipinski definition) is 7. The molecule has 200 valence electrons. The lowest BCUT2D eigenvalue weighted by atomic mass is 9.97. The molecule has 7 rings (SSSR count). The Morgan fingerprint density at radius 3 is 2.75 bits per heavy atom. The molecule has 3 aromatic heterocycles. The Morgan fingerprint density at radius 2 is 1.85 bits per heavy atom. The maximum absolute atomic E-state index is 12.9. The number of pyridine rings is 1. The van der Waals surface area contributed by atoms with Crippen molar-refractivity contribution in [3.63, 3.8) is 0 Å². The van der Waals surface area contributed by atoms with E-state index >= 15 is 0 Å². The third-order valence-corrected chi connectivity index (χ3v) is 7.59. The molecule has 0 N–H and O–H groups in total. The van der Waals surface area contributed by atoms with Crippen LogP contribution in [0, 0.1) is 0 Å². The van der Waals surface area contributed by atoms with Crippen LogP contribution in [-0.4, -0.2) is 74.4 Å². The van der Waals surface area contributed by atoms with E-state index in [4.69, 9.17) is 9.84 Å². The van der Waals surface area contributed by atoms with Crippen molar-refractivity contribution in [2.45, 2.75) is 19.3 Å². The third kappa shape index (κ3) is 4.56. The van der Waals surface area contributed by atoms with Crippen LogP contribution >= 0.6 is 0 Å². The molecule has 0 saturated carbocycles. The van der Waals surface area contributed by atoms with Crippen LogP contribution in [-0.2, 0) is 27.2 Å². The molecular formula is C30H27N7O3. The highest BCUT2D eigenvalue weighted by Gasteiger charge is 2.28. The van der Waals surface area contributed by atoms with Crippen molar-refractivity contribution in [3.05, 3.63) is 83.8 Å². The summed E-state index contributed by atoms with van der Waals surface area (Å²) >= 11 is 0. The molecule has 0 atom stereocenters. The molecule has 2 aliphatic heterocycles. The third-order valence-electron chi connectivity index (χ3n) is 7.59. The second-order valence-corrected chi connectivity index (χ2v) is 10.1. The molecule has 0 spiro atoms. The van der Waals surface area contributed by atoms with Crippen molar-refractivity contribution in [3.8, 4) is 11.3 Å². The zero-order chi connectivity index (χ0) is 27.1. The molecule has 5 heterocycles. The number of nitrogens with zero attached hydrogens (tertiary/aromatic N) is 7. The fourth-order valence-electron chi connectivity index (χ4n) is 5.46. The summed E-state index contributed by atoms with van der Waals surface area (Å²) in [5, 5.41) is 14.7. The van der Waals surface area contributed by atoms with Crippen LogP contribution in [0.25, 0.3) is 27.8 Å². The molecule has 2 aromatic carbocycles. The van der Waals surface area contributed by atoms with Crippen LogP contribution < -0.4 is 4.90 Å². The summed E-state index contributed by atoms with van der Waals surface area (Å²) in [6.07, 6.45) is 3.37. The number of fused-ring (bicyclic) bond motifs is 3. The van der Waals surface area contributed by atoms with E-state index in [1.54, 1.807) is 20.5 Å². The highest BCUT2D eigenvalue weighted by atomic mass is 16.5. The minimum atomic E-state index is -0.0523. The van der Waals surface area contributed by atoms with Gasteiger partial charge in [0, 0.05) is 48.8 Å². The largest absolute Gasteiger partial charge is 0.378 e. The summed E-state index contributed by atoms with van der Waals surface area (Å²) in [6, 6.07) is 20.0. The average molecular weight is 534 g/mol. The summed E-state index contributed by atoms with van der Waals surface area (Å²) in [6.45, 7) is 2.23. The number of benzene rings is 2. The van der Waals surface area contributed by atoms with Crippen LogP contribution in [0.4, 0.5) is 5.69 Å². The van der Waals surface area contributed by atoms with Gasteiger partial charge in [-0.2, -0.15) is 9.61 Å². The normalized spacial score (nSPS) is 15.6. The molecule has 0 bridgehead atoms. The molecular weight excluding hydrogens is 506 g/mol. The smallest absolute Gasteiger partial charge is 0.242 e. The van der Waals surface area contributed by atoms with Gasteiger partial charge >= 0.3 is 0 Å². The Hall–Kier alpha value is -4.70. The molecule has 2 amide bonds. The first kappa shape index (κ1) is 24.3. The zero-order valence-electron chi connectivity index (χ0n) is 21.9. The number of carbonyl (C=O) groups is 2. The van der Waals surface area contributed by atoms with Gasteiger partial charge in [-0.25, -0.2) is 0 Å². The minimum absolute atomic E-state index is 0.0278. The number of aryl methyl sites for hydroxylation is 1. The monoisotopic (exact) mass is 533 g/mol. The molecule has 10 nitrogen and oxygen atoms in total. The van der Waals surface area contributed by atoms with Crippen LogP contribution in [0.2, 0.25) is 0 Å². The van der Waals surface area contributed by atoms with E-state index in [2.05, 4.69) is 33.4 Å². The molecule has 1 saturated heterocycles. The number of ether oxygens (including phenoxy) is 1. The topological polar surface area (TPSA) is 106 Å². The van der Waals surface area contributed by atoms with Gasteiger partial charge in [-0.1, -0.05) is 18.2 Å². The van der Waals surface area contributed by atoms with Gasteiger partial charge in [-0.05, 0) is 60.0 Å². The Kier molecular flexibility index (Phi) is 6.16. The molecule has 0 radical (unpaired) electrons. The summed E-state index contributed by atoms with van der Waals surface area (Å²) in [4.78, 5) is 33.5. The quantitative estimate of drug-likeness (QED) is 0.342. The predicted molar refractivity (Wildman–Crippen MR) is 149 cm³/mol. The highest BCUT2D eigenvalue weighted by Crippen LogP contribution is 2.32. The fourth-order valence-corrected chi connectivity index (χ4v) is 5.46. The second-order valence-electron chi connectivity index (χ2n) is 10.1. The lowest BCUT2D eigenvalue weighted by molar-refractivity contribution is -0.135. The first-order chi connectivity index (χ1) is 19.6. The first-order valence-corrected chi connectivity index (χ1v) is 13.5. The maximum Gasteiger partial charge on any atom is 0.242 e. The molecule has 40 heavy (non-hydrogen) atoms. The van der Waals surface area contributed by atoms with E-state index in [-0.39, 0.29) is 18.4 Å². The molecule has 2 aliphatic rings. The molecule has 10 heteroatoms. The van der Waals surface area contributed by atoms with Gasteiger partial charge in [0.25, 0.3) is 0 Å². The van der Waals surface area contributed by atoms with E-state index in [0.717, 1.165) is 44.8 Å². The zero-order valence-corrected chi connectivity index (χ0v) is 21.9. The molecule has 0 aliphatic carbocycles. The van der Waals surface area contributed by atoms with Gasteiger partial charge in [0.15, 0.2) is 11.5 Å². The van der Waals surface area contributed by atoms with Crippen LogP contribution in [0.15, 0.2) is 66.9 Å². The maximum atomic E-state index is 12.9. The van der Waals surface area contributed by atoms with Gasteiger partial charge in [0.05, 0.1) is 24.4 Å². The number of anilines is 1. The van der Waals surface area contributed by atoms with Crippen LogP contribution in [0.1, 0.15) is 23.4 Å². The van der Waals surface area contributed by atoms with E-state index in [9.17, 15) is 9.59 Å². The predicted octanol–water partition coefficient (Wildman–Crippen LogP) is 3.07. The standard InChI is InChI=1S/C30H27N7O3/c38-29-10-5-23-18-22(4-8-26(23)36(29)19-30(39)35-12-14-40-15-13-35)25-7-9-27-32-33-28(37(27)34-25)17-20-3-6-24-21(16-20)2-1-11-31-24/h1-4,6-9,11,16,18H,5,10,12-15,17,19H2. The molecule has 0 unspecified atom stereocenters. The van der Waals surface area contributed by atoms with Gasteiger partial charge in [0.1, 0.15) is 6.54 Å². The summed E-state index contributed by atoms with van der Waals surface area (Å²) in [5.74, 6) is 0.667. The molecule has 5 aromatic rings. The van der Waals surface area contributed by atoms with Gasteiger partial charge < -0.3 is 14.5 Å². The number of rotatable bonds is 5. The van der Waals surface area contributed by atoms with Crippen LogP contribution in [0.3, 0.4) is 0 Å². The van der Waals surface area contributed by atoms with Crippen molar-refractivity contribution in [1.29, 1.82) is 0 Å². The Morgan fingerprint density at radius 1 is 0.950 bits per heavy atom. The molecule has 1 fully saturated rings. The van der Waals surface area contributed by atoms with Gasteiger partial charge in [-0.3, -0.25) is 14.6 Å². The summed E-state index contributed by atoms with van der Waals surface area (Å²) in [5.41, 5.74) is 6.28. The fraction of sp³-hybridized carbons (Fsp3) is 0.267. The number of morpholine rings is 1. The number of carbonyl (C=O) groups excluding carboxylic acids is 2. The SMILES string of the molecule is O=C(CN1C(=O)CCc2cc(-c3ccc4nnc(Cc5ccc6ncccc6c5)n4n3)ccc21)N1CCOCC1. The van der Waals surface area contributed by atoms with E-state index in [0.29, 0.717) is 51.2 Å². The van der Waals surface area contributed by atoms with E-state index < -0.39 is 0 Å². The lowest BCUT2D eigenvalue weighted by Crippen LogP contribution is -2.48. The Labute approximate surface area is 230 Å². The Balaban J connectivity index is 1.16. The number of aromatic nitrogens is 5.